The second kappa shape index (κ2) is 11.5. The number of hydrogen-bond donors (Lipinski definition) is 2. The molecule has 0 amide bonds. The maximum Gasteiger partial charge on any atom is 0.188 e. The fourth-order valence-electron chi connectivity index (χ4n) is 2.00. The summed E-state index contributed by atoms with van der Waals surface area (Å²) in [7, 11) is 7.36. The number of benzene rings is 1. The summed E-state index contributed by atoms with van der Waals surface area (Å²) >= 11 is 0. The monoisotopic (exact) mass is 422 g/mol. The first-order chi connectivity index (χ1) is 10.1. The van der Waals surface area contributed by atoms with E-state index in [1.807, 2.05) is 38.4 Å². The minimum atomic E-state index is 0. The number of ether oxygens (including phenoxy) is 2. The number of hydrogen-bond acceptors (Lipinski definition) is 4. The molecule has 0 heterocycles. The molecule has 1 aromatic carbocycles. The Hall–Kier alpha value is -1.06. The normalized spacial score (nSPS) is 12.7. The molecule has 1 unspecified atom stereocenters. The lowest BCUT2D eigenvalue weighted by molar-refractivity contribution is 0.204. The molecule has 22 heavy (non-hydrogen) atoms. The van der Waals surface area contributed by atoms with E-state index < -0.39 is 0 Å². The van der Waals surface area contributed by atoms with Gasteiger partial charge in [-0.1, -0.05) is 18.2 Å². The van der Waals surface area contributed by atoms with E-state index in [0.717, 1.165) is 11.3 Å². The van der Waals surface area contributed by atoms with Gasteiger partial charge in [-0.25, -0.2) is 0 Å². The van der Waals surface area contributed by atoms with Crippen LogP contribution in [0, 0.1) is 0 Å². The highest BCUT2D eigenvalue weighted by molar-refractivity contribution is 14.0. The quantitative estimate of drug-likeness (QED) is 0.287. The molecule has 1 aromatic rings. The third-order valence-corrected chi connectivity index (χ3v) is 3.17. The third kappa shape index (κ3) is 6.80. The fourth-order valence-corrected chi connectivity index (χ4v) is 2.00. The number of halogens is 1. The lowest BCUT2D eigenvalue weighted by Gasteiger charge is -2.25. The van der Waals surface area contributed by atoms with Crippen molar-refractivity contribution in [2.24, 2.45) is 10.7 Å². The van der Waals surface area contributed by atoms with Crippen LogP contribution in [-0.2, 0) is 4.74 Å². The van der Waals surface area contributed by atoms with Crippen molar-refractivity contribution in [3.8, 4) is 5.75 Å². The topological polar surface area (TPSA) is 72.1 Å². The van der Waals surface area contributed by atoms with E-state index in [1.54, 1.807) is 14.2 Å². The Labute approximate surface area is 150 Å². The number of nitrogens with one attached hydrogen (secondary N) is 1. The summed E-state index contributed by atoms with van der Waals surface area (Å²) in [6.45, 7) is 1.80. The Bertz CT molecular complexity index is 455. The molecule has 0 aliphatic carbocycles. The maximum absolute atomic E-state index is 5.85. The highest BCUT2D eigenvalue weighted by Gasteiger charge is 2.17. The summed E-state index contributed by atoms with van der Waals surface area (Å²) in [6.07, 6.45) is 0. The predicted octanol–water partition coefficient (Wildman–Crippen LogP) is 1.47. The van der Waals surface area contributed by atoms with E-state index in [9.17, 15) is 0 Å². The van der Waals surface area contributed by atoms with Gasteiger partial charge in [0.15, 0.2) is 5.96 Å². The van der Waals surface area contributed by atoms with E-state index >= 15 is 0 Å². The largest absolute Gasteiger partial charge is 0.496 e. The molecular weight excluding hydrogens is 395 g/mol. The van der Waals surface area contributed by atoms with Gasteiger partial charge >= 0.3 is 0 Å². The SMILES string of the molecule is COCCNC(N)=NCC(c1ccccc1OC)N(C)C.I. The van der Waals surface area contributed by atoms with Crippen molar-refractivity contribution in [3.05, 3.63) is 29.8 Å². The number of para-hydroxylation sites is 1. The first-order valence-electron chi connectivity index (χ1n) is 6.92. The number of guanidine groups is 1. The van der Waals surface area contributed by atoms with Crippen LogP contribution in [0.15, 0.2) is 29.3 Å². The van der Waals surface area contributed by atoms with Crippen LogP contribution in [0.4, 0.5) is 0 Å². The van der Waals surface area contributed by atoms with Gasteiger partial charge in [-0.15, -0.1) is 24.0 Å². The standard InChI is InChI=1S/C15H26N4O2.HI/c1-19(2)13(11-18-15(16)17-9-10-20-3)12-7-5-6-8-14(12)21-4;/h5-8,13H,9-11H2,1-4H3,(H3,16,17,18);1H. The number of nitrogens with zero attached hydrogens (tertiary/aromatic N) is 2. The molecule has 0 fully saturated rings. The van der Waals surface area contributed by atoms with Gasteiger partial charge in [-0.05, 0) is 20.2 Å². The molecule has 3 N–H and O–H groups in total. The van der Waals surface area contributed by atoms with E-state index in [1.165, 1.54) is 0 Å². The van der Waals surface area contributed by atoms with Crippen LogP contribution in [0.5, 0.6) is 5.75 Å². The van der Waals surface area contributed by atoms with Crippen molar-refractivity contribution in [3.63, 3.8) is 0 Å². The molecule has 0 aromatic heterocycles. The van der Waals surface area contributed by atoms with Crippen LogP contribution < -0.4 is 15.8 Å². The zero-order valence-electron chi connectivity index (χ0n) is 13.7. The average molecular weight is 422 g/mol. The number of rotatable bonds is 8. The Kier molecular flexibility index (Phi) is 10.9. The molecule has 1 atom stereocenters. The van der Waals surface area contributed by atoms with Crippen molar-refractivity contribution < 1.29 is 9.47 Å². The van der Waals surface area contributed by atoms with Gasteiger partial charge in [0.05, 0.1) is 26.3 Å². The fraction of sp³-hybridized carbons (Fsp3) is 0.533. The number of aliphatic imine (C=N–C) groups is 1. The van der Waals surface area contributed by atoms with Crippen molar-refractivity contribution >= 4 is 29.9 Å². The van der Waals surface area contributed by atoms with Gasteiger partial charge in [-0.3, -0.25) is 4.99 Å². The molecule has 0 radical (unpaired) electrons. The van der Waals surface area contributed by atoms with Gasteiger partial charge in [0.1, 0.15) is 5.75 Å². The van der Waals surface area contributed by atoms with Crippen LogP contribution in [0.25, 0.3) is 0 Å². The van der Waals surface area contributed by atoms with Crippen molar-refractivity contribution in [2.75, 3.05) is 48.0 Å². The van der Waals surface area contributed by atoms with Crippen LogP contribution in [-0.4, -0.2) is 58.9 Å². The Balaban J connectivity index is 0.00000441. The summed E-state index contributed by atoms with van der Waals surface area (Å²) in [5.74, 6) is 1.28. The van der Waals surface area contributed by atoms with E-state index in [2.05, 4.69) is 15.2 Å². The van der Waals surface area contributed by atoms with Crippen molar-refractivity contribution in [1.29, 1.82) is 0 Å². The molecule has 1 rings (SSSR count). The van der Waals surface area contributed by atoms with Crippen LogP contribution in [0.2, 0.25) is 0 Å². The van der Waals surface area contributed by atoms with E-state index in [4.69, 9.17) is 15.2 Å². The lowest BCUT2D eigenvalue weighted by atomic mass is 10.0. The van der Waals surface area contributed by atoms with Crippen molar-refractivity contribution in [1.82, 2.24) is 10.2 Å². The number of likely N-dealkylation sites (N-methyl/N-ethyl adjacent to an activating group) is 1. The van der Waals surface area contributed by atoms with Gasteiger partial charge in [0, 0.05) is 19.2 Å². The first kappa shape index (κ1) is 20.9. The lowest BCUT2D eigenvalue weighted by Crippen LogP contribution is -2.35. The summed E-state index contributed by atoms with van der Waals surface area (Å²) < 4.78 is 10.4. The van der Waals surface area contributed by atoms with Crippen LogP contribution in [0.3, 0.4) is 0 Å². The number of nitrogens with two attached hydrogens (primary N) is 1. The van der Waals surface area contributed by atoms with Gasteiger partial charge < -0.3 is 25.4 Å². The summed E-state index contributed by atoms with van der Waals surface area (Å²) in [6, 6.07) is 8.06. The highest BCUT2D eigenvalue weighted by Crippen LogP contribution is 2.27. The second-order valence-corrected chi connectivity index (χ2v) is 4.87. The Morgan fingerprint density at radius 3 is 2.59 bits per heavy atom. The molecule has 126 valence electrons. The summed E-state index contributed by atoms with van der Waals surface area (Å²) in [5.41, 5.74) is 6.94. The smallest absolute Gasteiger partial charge is 0.188 e. The molecule has 0 aliphatic heterocycles. The van der Waals surface area contributed by atoms with E-state index in [-0.39, 0.29) is 30.0 Å². The molecule has 0 spiro atoms. The number of methoxy groups -OCH3 is 2. The molecule has 7 heteroatoms. The minimum Gasteiger partial charge on any atom is -0.496 e. The average Bonchev–Trinajstić information content (AvgIpc) is 2.48. The minimum absolute atomic E-state index is 0. The molecule has 0 saturated heterocycles. The maximum atomic E-state index is 5.85. The molecule has 0 saturated carbocycles. The second-order valence-electron chi connectivity index (χ2n) is 4.87. The van der Waals surface area contributed by atoms with Crippen LogP contribution >= 0.6 is 24.0 Å². The molecular formula is C15H27IN4O2. The van der Waals surface area contributed by atoms with Crippen molar-refractivity contribution in [2.45, 2.75) is 6.04 Å². The molecule has 6 nitrogen and oxygen atoms in total. The Morgan fingerprint density at radius 2 is 2.00 bits per heavy atom. The highest BCUT2D eigenvalue weighted by atomic mass is 127. The summed E-state index contributed by atoms with van der Waals surface area (Å²) in [5, 5.41) is 3.01. The predicted molar refractivity (Wildman–Crippen MR) is 101 cm³/mol. The first-order valence-corrected chi connectivity index (χ1v) is 6.92. The van der Waals surface area contributed by atoms with Crippen LogP contribution in [0.1, 0.15) is 11.6 Å². The molecule has 0 aliphatic rings. The van der Waals surface area contributed by atoms with Gasteiger partial charge in [-0.2, -0.15) is 0 Å². The van der Waals surface area contributed by atoms with Gasteiger partial charge in [0.25, 0.3) is 0 Å². The third-order valence-electron chi connectivity index (χ3n) is 3.17. The summed E-state index contributed by atoms with van der Waals surface area (Å²) in [4.78, 5) is 6.50. The zero-order valence-corrected chi connectivity index (χ0v) is 16.0. The zero-order chi connectivity index (χ0) is 15.7. The van der Waals surface area contributed by atoms with Gasteiger partial charge in [0.2, 0.25) is 0 Å². The van der Waals surface area contributed by atoms with E-state index in [0.29, 0.717) is 25.7 Å². The Morgan fingerprint density at radius 1 is 1.32 bits per heavy atom. The molecule has 0 bridgehead atoms.